The van der Waals surface area contributed by atoms with E-state index in [2.05, 4.69) is 15.5 Å². The van der Waals surface area contributed by atoms with Crippen LogP contribution in [0.25, 0.3) is 11.4 Å². The summed E-state index contributed by atoms with van der Waals surface area (Å²) >= 11 is 5.94. The molecule has 0 aliphatic rings. The number of aromatic nitrogens is 2. The highest BCUT2D eigenvalue weighted by atomic mass is 35.5. The molecule has 1 aromatic heterocycles. The smallest absolute Gasteiger partial charge is 0.321 e. The van der Waals surface area contributed by atoms with Crippen molar-refractivity contribution in [3.05, 3.63) is 59.1 Å². The molecule has 0 atom stereocenters. The lowest BCUT2D eigenvalue weighted by Gasteiger charge is -2.03. The van der Waals surface area contributed by atoms with E-state index in [9.17, 15) is 8.42 Å². The zero-order valence-corrected chi connectivity index (χ0v) is 14.6. The number of rotatable bonds is 6. The van der Waals surface area contributed by atoms with E-state index < -0.39 is 10.0 Å². The molecular formula is C16H15ClN4O3S. The van der Waals surface area contributed by atoms with E-state index in [0.717, 1.165) is 11.1 Å². The second kappa shape index (κ2) is 7.22. The van der Waals surface area contributed by atoms with Gasteiger partial charge in [0.1, 0.15) is 0 Å². The molecule has 0 radical (unpaired) electrons. The standard InChI is InChI=1S/C16H15ClN4O3S/c17-13-3-1-2-12(10-13)15-20-16(24-21-15)19-9-8-11-4-6-14(7-5-11)25(18,22)23/h1-7,10H,8-9H2,(H2,18,22,23)(H,19,20,21). The molecule has 0 fully saturated rings. The molecular weight excluding hydrogens is 364 g/mol. The number of halogens is 1. The minimum Gasteiger partial charge on any atom is -0.337 e. The maximum atomic E-state index is 11.2. The summed E-state index contributed by atoms with van der Waals surface area (Å²) in [5.41, 5.74) is 1.72. The molecule has 25 heavy (non-hydrogen) atoms. The van der Waals surface area contributed by atoms with Crippen LogP contribution in [-0.2, 0) is 16.4 Å². The Hall–Kier alpha value is -2.42. The highest BCUT2D eigenvalue weighted by Crippen LogP contribution is 2.21. The molecule has 0 amide bonds. The zero-order valence-electron chi connectivity index (χ0n) is 13.0. The first kappa shape index (κ1) is 17.4. The molecule has 1 heterocycles. The van der Waals surface area contributed by atoms with Crippen LogP contribution in [0.4, 0.5) is 6.01 Å². The van der Waals surface area contributed by atoms with Crippen LogP contribution in [0.3, 0.4) is 0 Å². The molecule has 0 saturated carbocycles. The first-order valence-corrected chi connectivity index (χ1v) is 9.29. The van der Waals surface area contributed by atoms with E-state index in [0.29, 0.717) is 29.8 Å². The second-order valence-corrected chi connectivity index (χ2v) is 7.30. The maximum absolute atomic E-state index is 11.2. The topological polar surface area (TPSA) is 111 Å². The lowest BCUT2D eigenvalue weighted by molar-refractivity contribution is 0.432. The Morgan fingerprint density at radius 2 is 1.92 bits per heavy atom. The molecule has 3 N–H and O–H groups in total. The summed E-state index contributed by atoms with van der Waals surface area (Å²) < 4.78 is 27.6. The molecule has 2 aromatic carbocycles. The van der Waals surface area contributed by atoms with Gasteiger partial charge in [-0.15, -0.1) is 0 Å². The average Bonchev–Trinajstić information content (AvgIpc) is 3.03. The number of hydrogen-bond donors (Lipinski definition) is 2. The predicted molar refractivity (Wildman–Crippen MR) is 94.8 cm³/mol. The van der Waals surface area contributed by atoms with Crippen LogP contribution < -0.4 is 10.5 Å². The largest absolute Gasteiger partial charge is 0.337 e. The summed E-state index contributed by atoms with van der Waals surface area (Å²) in [6.07, 6.45) is 0.653. The molecule has 0 aliphatic carbocycles. The zero-order chi connectivity index (χ0) is 17.9. The Morgan fingerprint density at radius 3 is 2.60 bits per heavy atom. The summed E-state index contributed by atoms with van der Waals surface area (Å²) in [5, 5.41) is 12.6. The molecule has 9 heteroatoms. The second-order valence-electron chi connectivity index (χ2n) is 5.30. The van der Waals surface area contributed by atoms with Crippen molar-refractivity contribution >= 4 is 27.6 Å². The number of nitrogens with one attached hydrogen (secondary N) is 1. The van der Waals surface area contributed by atoms with E-state index in [4.69, 9.17) is 21.3 Å². The van der Waals surface area contributed by atoms with Crippen molar-refractivity contribution < 1.29 is 12.9 Å². The Kier molecular flexibility index (Phi) is 5.03. The summed E-state index contributed by atoms with van der Waals surface area (Å²) in [5.74, 6) is 0.447. The Bertz CT molecular complexity index is 971. The van der Waals surface area contributed by atoms with E-state index in [1.807, 2.05) is 12.1 Å². The number of nitrogens with two attached hydrogens (primary N) is 1. The van der Waals surface area contributed by atoms with Gasteiger partial charge in [0, 0.05) is 17.1 Å². The molecule has 0 unspecified atom stereocenters. The quantitative estimate of drug-likeness (QED) is 0.682. The third-order valence-corrected chi connectivity index (χ3v) is 4.61. The monoisotopic (exact) mass is 378 g/mol. The Labute approximate surface area is 149 Å². The lowest BCUT2D eigenvalue weighted by Crippen LogP contribution is -2.12. The molecule has 0 aliphatic heterocycles. The highest BCUT2D eigenvalue weighted by molar-refractivity contribution is 7.89. The molecule has 0 saturated heterocycles. The van der Waals surface area contributed by atoms with Gasteiger partial charge in [-0.05, 0) is 36.2 Å². The summed E-state index contributed by atoms with van der Waals surface area (Å²) in [6, 6.07) is 13.9. The highest BCUT2D eigenvalue weighted by Gasteiger charge is 2.09. The number of benzene rings is 2. The van der Waals surface area contributed by atoms with Crippen LogP contribution in [0.5, 0.6) is 0 Å². The van der Waals surface area contributed by atoms with Gasteiger partial charge in [-0.2, -0.15) is 4.98 Å². The van der Waals surface area contributed by atoms with Crippen LogP contribution >= 0.6 is 11.6 Å². The molecule has 3 aromatic rings. The number of sulfonamides is 1. The molecule has 7 nitrogen and oxygen atoms in total. The number of nitrogens with zero attached hydrogens (tertiary/aromatic N) is 2. The van der Waals surface area contributed by atoms with E-state index >= 15 is 0 Å². The van der Waals surface area contributed by atoms with Crippen LogP contribution in [0.1, 0.15) is 5.56 Å². The summed E-state index contributed by atoms with van der Waals surface area (Å²) in [4.78, 5) is 4.35. The molecule has 0 bridgehead atoms. The average molecular weight is 379 g/mol. The Morgan fingerprint density at radius 1 is 1.16 bits per heavy atom. The van der Waals surface area contributed by atoms with Crippen molar-refractivity contribution in [2.24, 2.45) is 5.14 Å². The molecule has 3 rings (SSSR count). The van der Waals surface area contributed by atoms with Gasteiger partial charge in [-0.3, -0.25) is 0 Å². The number of primary sulfonamides is 1. The van der Waals surface area contributed by atoms with Crippen molar-refractivity contribution in [2.45, 2.75) is 11.3 Å². The van der Waals surface area contributed by atoms with Crippen molar-refractivity contribution in [3.63, 3.8) is 0 Å². The normalized spacial score (nSPS) is 11.4. The third-order valence-electron chi connectivity index (χ3n) is 3.45. The Balaban J connectivity index is 1.58. The number of anilines is 1. The van der Waals surface area contributed by atoms with Gasteiger partial charge in [-0.1, -0.05) is 41.0 Å². The first-order chi connectivity index (χ1) is 11.9. The fourth-order valence-electron chi connectivity index (χ4n) is 2.20. The van der Waals surface area contributed by atoms with Gasteiger partial charge in [0.25, 0.3) is 0 Å². The van der Waals surface area contributed by atoms with Gasteiger partial charge in [0.2, 0.25) is 15.8 Å². The molecule has 130 valence electrons. The minimum atomic E-state index is -3.67. The fraction of sp³-hybridized carbons (Fsp3) is 0.125. The van der Waals surface area contributed by atoms with Gasteiger partial charge >= 0.3 is 6.01 Å². The van der Waals surface area contributed by atoms with Crippen LogP contribution in [0, 0.1) is 0 Å². The van der Waals surface area contributed by atoms with Crippen molar-refractivity contribution in [3.8, 4) is 11.4 Å². The first-order valence-electron chi connectivity index (χ1n) is 7.37. The van der Waals surface area contributed by atoms with Gasteiger partial charge < -0.3 is 9.84 Å². The van der Waals surface area contributed by atoms with Crippen molar-refractivity contribution in [2.75, 3.05) is 11.9 Å². The minimum absolute atomic E-state index is 0.0901. The van der Waals surface area contributed by atoms with Crippen LogP contribution in [0.2, 0.25) is 5.02 Å². The van der Waals surface area contributed by atoms with Crippen molar-refractivity contribution in [1.29, 1.82) is 0 Å². The maximum Gasteiger partial charge on any atom is 0.321 e. The van der Waals surface area contributed by atoms with Gasteiger partial charge in [-0.25, -0.2) is 13.6 Å². The van der Waals surface area contributed by atoms with E-state index in [1.54, 1.807) is 24.3 Å². The van der Waals surface area contributed by atoms with Gasteiger partial charge in [0.05, 0.1) is 4.90 Å². The lowest BCUT2D eigenvalue weighted by atomic mass is 10.1. The van der Waals surface area contributed by atoms with Crippen molar-refractivity contribution in [1.82, 2.24) is 10.1 Å². The SMILES string of the molecule is NS(=O)(=O)c1ccc(CCNc2nc(-c3cccc(Cl)c3)no2)cc1. The third kappa shape index (κ3) is 4.56. The summed E-state index contributed by atoms with van der Waals surface area (Å²) in [7, 11) is -3.67. The predicted octanol–water partition coefficient (Wildman–Crippen LogP) is 2.69. The van der Waals surface area contributed by atoms with Crippen LogP contribution in [0.15, 0.2) is 57.9 Å². The fourth-order valence-corrected chi connectivity index (χ4v) is 2.91. The summed E-state index contributed by atoms with van der Waals surface area (Å²) in [6.45, 7) is 0.548. The van der Waals surface area contributed by atoms with E-state index in [1.165, 1.54) is 12.1 Å². The van der Waals surface area contributed by atoms with Gasteiger partial charge in [0.15, 0.2) is 0 Å². The number of hydrogen-bond acceptors (Lipinski definition) is 6. The molecule has 0 spiro atoms. The van der Waals surface area contributed by atoms with Crippen LogP contribution in [-0.4, -0.2) is 25.1 Å². The van der Waals surface area contributed by atoms with E-state index in [-0.39, 0.29) is 4.90 Å².